The molecule has 0 aromatic carbocycles. The predicted molar refractivity (Wildman–Crippen MR) is 102 cm³/mol. The van der Waals surface area contributed by atoms with Crippen molar-refractivity contribution in [2.75, 3.05) is 44.2 Å². The lowest BCUT2D eigenvalue weighted by Crippen LogP contribution is -2.48. The topological polar surface area (TPSA) is 69.6 Å². The minimum absolute atomic E-state index is 0.0806. The van der Waals surface area contributed by atoms with Crippen molar-refractivity contribution in [3.63, 3.8) is 0 Å². The van der Waals surface area contributed by atoms with E-state index in [9.17, 15) is 9.59 Å². The molecule has 2 bridgehead atoms. The fraction of sp³-hybridized carbons (Fsp3) is 0.700. The van der Waals surface area contributed by atoms with E-state index >= 15 is 0 Å². The molecule has 2 aliphatic heterocycles. The second kappa shape index (κ2) is 7.92. The normalized spacial score (nSPS) is 28.9. The Kier molecular flexibility index (Phi) is 5.38. The van der Waals surface area contributed by atoms with Crippen LogP contribution in [-0.2, 0) is 9.59 Å². The van der Waals surface area contributed by atoms with Gasteiger partial charge >= 0.3 is 0 Å². The van der Waals surface area contributed by atoms with Crippen LogP contribution in [0.2, 0.25) is 0 Å². The van der Waals surface area contributed by atoms with E-state index in [0.29, 0.717) is 12.5 Å². The number of nitrogens with zero attached hydrogens (tertiary/aromatic N) is 5. The molecule has 3 unspecified atom stereocenters. The van der Waals surface area contributed by atoms with Crippen LogP contribution in [0.1, 0.15) is 32.6 Å². The van der Waals surface area contributed by atoms with Crippen molar-refractivity contribution in [2.24, 2.45) is 17.8 Å². The highest BCUT2D eigenvalue weighted by Gasteiger charge is 2.48. The van der Waals surface area contributed by atoms with Gasteiger partial charge in [0, 0.05) is 57.0 Å². The first kappa shape index (κ1) is 18.3. The number of piperazine rings is 1. The Morgan fingerprint density at radius 2 is 1.67 bits per heavy atom. The summed E-state index contributed by atoms with van der Waals surface area (Å²) >= 11 is 0. The van der Waals surface area contributed by atoms with Crippen LogP contribution in [0, 0.1) is 17.8 Å². The summed E-state index contributed by atoms with van der Waals surface area (Å²) in [5.74, 6) is 1.51. The Balaban J connectivity index is 1.18. The molecule has 1 saturated carbocycles. The fourth-order valence-corrected chi connectivity index (χ4v) is 4.77. The number of amides is 2. The average molecular weight is 371 g/mol. The van der Waals surface area contributed by atoms with Gasteiger partial charge in [0.15, 0.2) is 0 Å². The summed E-state index contributed by atoms with van der Waals surface area (Å²) in [6.07, 6.45) is 7.15. The monoisotopic (exact) mass is 371 g/mol. The SMILES string of the molecule is CC1CC2CC1C(=O)N(CCCCN1CCN(c3ncccn3)CC1)C2=O. The Hall–Kier alpha value is -2.02. The van der Waals surface area contributed by atoms with E-state index in [-0.39, 0.29) is 23.7 Å². The van der Waals surface area contributed by atoms with Crippen molar-refractivity contribution in [3.8, 4) is 0 Å². The Morgan fingerprint density at radius 3 is 2.41 bits per heavy atom. The lowest BCUT2D eigenvalue weighted by atomic mass is 9.94. The van der Waals surface area contributed by atoms with Crippen molar-refractivity contribution in [1.29, 1.82) is 0 Å². The molecule has 3 atom stereocenters. The summed E-state index contributed by atoms with van der Waals surface area (Å²) in [7, 11) is 0. The van der Waals surface area contributed by atoms with E-state index in [1.165, 1.54) is 0 Å². The van der Waals surface area contributed by atoms with Crippen LogP contribution in [-0.4, -0.2) is 70.9 Å². The lowest BCUT2D eigenvalue weighted by Gasteiger charge is -2.35. The van der Waals surface area contributed by atoms with Gasteiger partial charge in [-0.1, -0.05) is 6.92 Å². The van der Waals surface area contributed by atoms with Gasteiger partial charge in [0.1, 0.15) is 0 Å². The van der Waals surface area contributed by atoms with Crippen LogP contribution < -0.4 is 4.90 Å². The highest BCUT2D eigenvalue weighted by atomic mass is 16.2. The number of aromatic nitrogens is 2. The van der Waals surface area contributed by atoms with Crippen LogP contribution in [0.4, 0.5) is 5.95 Å². The van der Waals surface area contributed by atoms with E-state index in [1.54, 1.807) is 17.3 Å². The summed E-state index contributed by atoms with van der Waals surface area (Å²) in [6, 6.07) is 1.84. The van der Waals surface area contributed by atoms with E-state index in [4.69, 9.17) is 0 Å². The first-order valence-corrected chi connectivity index (χ1v) is 10.2. The molecule has 3 heterocycles. The Labute approximate surface area is 160 Å². The predicted octanol–water partition coefficient (Wildman–Crippen LogP) is 1.41. The number of anilines is 1. The zero-order chi connectivity index (χ0) is 18.8. The number of hydrogen-bond donors (Lipinski definition) is 0. The first-order chi connectivity index (χ1) is 13.1. The van der Waals surface area contributed by atoms with Crippen LogP contribution in [0.25, 0.3) is 0 Å². The zero-order valence-electron chi connectivity index (χ0n) is 16.1. The van der Waals surface area contributed by atoms with E-state index in [1.807, 2.05) is 6.07 Å². The van der Waals surface area contributed by atoms with Gasteiger partial charge in [-0.3, -0.25) is 19.4 Å². The molecule has 7 nitrogen and oxygen atoms in total. The van der Waals surface area contributed by atoms with Crippen molar-refractivity contribution in [1.82, 2.24) is 19.8 Å². The molecule has 3 fully saturated rings. The van der Waals surface area contributed by atoms with Gasteiger partial charge in [-0.2, -0.15) is 0 Å². The maximum atomic E-state index is 12.5. The largest absolute Gasteiger partial charge is 0.338 e. The molecule has 2 amide bonds. The number of carbonyl (C=O) groups excluding carboxylic acids is 2. The van der Waals surface area contributed by atoms with Crippen molar-refractivity contribution >= 4 is 17.8 Å². The molecule has 0 radical (unpaired) electrons. The molecule has 1 aromatic heterocycles. The van der Waals surface area contributed by atoms with Gasteiger partial charge in [0.2, 0.25) is 17.8 Å². The Morgan fingerprint density at radius 1 is 0.963 bits per heavy atom. The smallest absolute Gasteiger partial charge is 0.232 e. The standard InChI is InChI=1S/C20H29N5O2/c1-15-13-16-14-17(15)19(27)25(18(16)26)8-3-2-7-23-9-11-24(12-10-23)20-21-5-4-6-22-20/h4-6,15-17H,2-3,7-14H2,1H3. The van der Waals surface area contributed by atoms with Crippen molar-refractivity contribution in [3.05, 3.63) is 18.5 Å². The van der Waals surface area contributed by atoms with Gasteiger partial charge in [0.05, 0.1) is 0 Å². The molecule has 4 rings (SSSR count). The van der Waals surface area contributed by atoms with E-state index < -0.39 is 0 Å². The third-order valence-electron chi connectivity index (χ3n) is 6.39. The number of piperidine rings is 1. The highest BCUT2D eigenvalue weighted by molar-refractivity contribution is 6.01. The number of carbonyl (C=O) groups is 2. The van der Waals surface area contributed by atoms with Crippen LogP contribution in [0.5, 0.6) is 0 Å². The number of fused-ring (bicyclic) bond motifs is 2. The second-order valence-corrected chi connectivity index (χ2v) is 8.16. The molecule has 2 saturated heterocycles. The minimum Gasteiger partial charge on any atom is -0.338 e. The first-order valence-electron chi connectivity index (χ1n) is 10.2. The lowest BCUT2D eigenvalue weighted by molar-refractivity contribution is -0.153. The van der Waals surface area contributed by atoms with E-state index in [2.05, 4.69) is 26.7 Å². The molecular weight excluding hydrogens is 342 g/mol. The molecule has 1 aromatic rings. The van der Waals surface area contributed by atoms with Crippen LogP contribution in [0.15, 0.2) is 18.5 Å². The molecule has 27 heavy (non-hydrogen) atoms. The maximum Gasteiger partial charge on any atom is 0.232 e. The second-order valence-electron chi connectivity index (χ2n) is 8.16. The number of hydrogen-bond acceptors (Lipinski definition) is 6. The molecule has 1 aliphatic carbocycles. The molecule has 7 heteroatoms. The fourth-order valence-electron chi connectivity index (χ4n) is 4.77. The number of imide groups is 1. The molecule has 3 aliphatic rings. The van der Waals surface area contributed by atoms with Gasteiger partial charge in [-0.05, 0) is 44.2 Å². The number of rotatable bonds is 6. The van der Waals surface area contributed by atoms with Gasteiger partial charge in [-0.25, -0.2) is 9.97 Å². The molecule has 0 N–H and O–H groups in total. The van der Waals surface area contributed by atoms with Gasteiger partial charge < -0.3 is 4.90 Å². The highest BCUT2D eigenvalue weighted by Crippen LogP contribution is 2.42. The summed E-state index contributed by atoms with van der Waals surface area (Å²) < 4.78 is 0. The van der Waals surface area contributed by atoms with Crippen LogP contribution in [0.3, 0.4) is 0 Å². The third kappa shape index (κ3) is 3.83. The van der Waals surface area contributed by atoms with Crippen molar-refractivity contribution < 1.29 is 9.59 Å². The quantitative estimate of drug-likeness (QED) is 0.556. The number of unbranched alkanes of at least 4 members (excludes halogenated alkanes) is 1. The van der Waals surface area contributed by atoms with Gasteiger partial charge in [-0.15, -0.1) is 0 Å². The summed E-state index contributed by atoms with van der Waals surface area (Å²) in [6.45, 7) is 7.60. The summed E-state index contributed by atoms with van der Waals surface area (Å²) in [5.41, 5.74) is 0. The number of likely N-dealkylation sites (tertiary alicyclic amines) is 1. The zero-order valence-corrected chi connectivity index (χ0v) is 16.1. The van der Waals surface area contributed by atoms with E-state index in [0.717, 1.165) is 64.4 Å². The maximum absolute atomic E-state index is 12.5. The minimum atomic E-state index is 0.0806. The van der Waals surface area contributed by atoms with Crippen molar-refractivity contribution in [2.45, 2.75) is 32.6 Å². The summed E-state index contributed by atoms with van der Waals surface area (Å²) in [4.78, 5) is 39.9. The molecule has 146 valence electrons. The Bertz CT molecular complexity index is 674. The molecular formula is C20H29N5O2. The van der Waals surface area contributed by atoms with Gasteiger partial charge in [0.25, 0.3) is 0 Å². The third-order valence-corrected chi connectivity index (χ3v) is 6.39. The molecule has 0 spiro atoms. The van der Waals surface area contributed by atoms with Crippen LogP contribution >= 0.6 is 0 Å². The average Bonchev–Trinajstić information content (AvgIpc) is 3.06. The summed E-state index contributed by atoms with van der Waals surface area (Å²) in [5, 5.41) is 0.